The molecule has 0 spiro atoms. The van der Waals surface area contributed by atoms with Gasteiger partial charge in [-0.15, -0.1) is 0 Å². The molecule has 0 aromatic rings. The van der Waals surface area contributed by atoms with Gasteiger partial charge in [-0.1, -0.05) is 356 Å². The molecule has 0 aromatic carbocycles. The Labute approximate surface area is 594 Å². The smallest absolute Gasteiger partial charge is 0.462 e. The molecule has 5 atom stereocenters. The Bertz CT molecular complexity index is 1870. The van der Waals surface area contributed by atoms with Gasteiger partial charge in [-0.2, -0.15) is 0 Å². The number of unbranched alkanes of at least 4 members (excludes halogenated alkanes) is 47. The van der Waals surface area contributed by atoms with Crippen LogP contribution in [0, 0.1) is 11.8 Å². The molecule has 17 nitrogen and oxygen atoms in total. The van der Waals surface area contributed by atoms with E-state index in [1.807, 2.05) is 0 Å². The van der Waals surface area contributed by atoms with Gasteiger partial charge in [-0.25, -0.2) is 9.13 Å². The van der Waals surface area contributed by atoms with E-state index in [9.17, 15) is 43.2 Å². The Kier molecular flexibility index (Phi) is 68.4. The normalized spacial score (nSPS) is 14.0. The second-order valence-corrected chi connectivity index (χ2v) is 32.0. The van der Waals surface area contributed by atoms with Gasteiger partial charge >= 0.3 is 39.5 Å². The molecule has 0 bridgehead atoms. The Morgan fingerprint density at radius 2 is 0.474 bits per heavy atom. The lowest BCUT2D eigenvalue weighted by Gasteiger charge is -2.21. The number of phosphoric acid groups is 2. The Morgan fingerprint density at radius 3 is 0.701 bits per heavy atom. The van der Waals surface area contributed by atoms with Gasteiger partial charge in [0.25, 0.3) is 0 Å². The fraction of sp³-hybridized carbons (Fsp3) is 0.949. The zero-order valence-electron chi connectivity index (χ0n) is 63.4. The molecule has 3 N–H and O–H groups in total. The molecule has 19 heteroatoms. The van der Waals surface area contributed by atoms with E-state index in [1.54, 1.807) is 0 Å². The Hall–Kier alpha value is -1.94. The Balaban J connectivity index is 5.22. The lowest BCUT2D eigenvalue weighted by molar-refractivity contribution is -0.161. The highest BCUT2D eigenvalue weighted by molar-refractivity contribution is 7.47. The maximum Gasteiger partial charge on any atom is 0.472 e. The number of carbonyl (C=O) groups excluding carboxylic acids is 4. The van der Waals surface area contributed by atoms with Crippen molar-refractivity contribution < 1.29 is 80.2 Å². The summed E-state index contributed by atoms with van der Waals surface area (Å²) in [5, 5.41) is 10.6. The molecule has 576 valence electrons. The van der Waals surface area contributed by atoms with Crippen LogP contribution >= 0.6 is 15.6 Å². The summed E-state index contributed by atoms with van der Waals surface area (Å²) in [6.45, 7) is 9.62. The molecule has 0 aromatic heterocycles. The van der Waals surface area contributed by atoms with Crippen molar-refractivity contribution in [3.63, 3.8) is 0 Å². The minimum atomic E-state index is -4.96. The van der Waals surface area contributed by atoms with Crippen LogP contribution in [0.4, 0.5) is 0 Å². The van der Waals surface area contributed by atoms with Crippen molar-refractivity contribution in [1.82, 2.24) is 0 Å². The van der Waals surface area contributed by atoms with Gasteiger partial charge < -0.3 is 33.8 Å². The lowest BCUT2D eigenvalue weighted by atomic mass is 10.0. The van der Waals surface area contributed by atoms with Crippen molar-refractivity contribution in [2.75, 3.05) is 39.6 Å². The predicted octanol–water partition coefficient (Wildman–Crippen LogP) is 23.1. The number of hydrogen-bond donors (Lipinski definition) is 3. The van der Waals surface area contributed by atoms with Gasteiger partial charge in [0.15, 0.2) is 12.2 Å². The van der Waals surface area contributed by atoms with Crippen molar-refractivity contribution in [3.8, 4) is 0 Å². The van der Waals surface area contributed by atoms with Crippen LogP contribution in [0.2, 0.25) is 0 Å². The highest BCUT2D eigenvalue weighted by Gasteiger charge is 2.30. The van der Waals surface area contributed by atoms with E-state index in [4.69, 9.17) is 37.0 Å². The quantitative estimate of drug-likeness (QED) is 0.0222. The van der Waals surface area contributed by atoms with Crippen LogP contribution in [0.1, 0.15) is 408 Å². The van der Waals surface area contributed by atoms with Crippen molar-refractivity contribution in [1.29, 1.82) is 0 Å². The zero-order chi connectivity index (χ0) is 71.4. The number of hydrogen-bond acceptors (Lipinski definition) is 15. The maximum atomic E-state index is 13.1. The van der Waals surface area contributed by atoms with Crippen LogP contribution in [-0.2, 0) is 65.4 Å². The third-order valence-corrected chi connectivity index (χ3v) is 20.1. The van der Waals surface area contributed by atoms with E-state index in [2.05, 4.69) is 41.5 Å². The number of phosphoric ester groups is 2. The van der Waals surface area contributed by atoms with E-state index >= 15 is 0 Å². The topological polar surface area (TPSA) is 237 Å². The number of ether oxygens (including phenoxy) is 4. The van der Waals surface area contributed by atoms with Gasteiger partial charge in [0.05, 0.1) is 26.4 Å². The van der Waals surface area contributed by atoms with Gasteiger partial charge in [-0.05, 0) is 37.5 Å². The van der Waals surface area contributed by atoms with E-state index in [0.29, 0.717) is 25.7 Å². The Morgan fingerprint density at radius 1 is 0.278 bits per heavy atom. The molecule has 0 saturated heterocycles. The molecular formula is C78H152O17P2. The van der Waals surface area contributed by atoms with E-state index in [-0.39, 0.29) is 25.7 Å². The summed E-state index contributed by atoms with van der Waals surface area (Å²) in [5.41, 5.74) is 0. The first kappa shape index (κ1) is 95.1. The highest BCUT2D eigenvalue weighted by atomic mass is 31.2. The standard InChI is InChI=1S/C78H152O17P2/c1-7-9-11-13-15-17-18-19-20-24-27-30-37-43-49-55-61-76(81)89-67-74(94-77(82)62-56-50-44-38-31-28-25-22-21-23-26-29-35-40-46-52-58-70(3)4)69-93-97(86,87)91-65-72(79)64-90-96(84,85)92-68-73(66-88-75(80)60-54-48-42-34-16-14-12-10-8-2)95-78(83)63-57-51-45-39-33-32-36-41-47-53-59-71(5)6/h70-74,79H,7-69H2,1-6H3,(H,84,85)(H,86,87)/t72-,73+,74+/m0/s1. The molecule has 0 aliphatic rings. The second kappa shape index (κ2) is 69.8. The summed E-state index contributed by atoms with van der Waals surface area (Å²) >= 11 is 0. The largest absolute Gasteiger partial charge is 0.472 e. The summed E-state index contributed by atoms with van der Waals surface area (Å²) in [6.07, 6.45) is 58.2. The number of esters is 4. The maximum absolute atomic E-state index is 13.1. The average molecular weight is 1420 g/mol. The first-order valence-corrected chi connectivity index (χ1v) is 43.5. The first-order valence-electron chi connectivity index (χ1n) is 40.5. The molecule has 97 heavy (non-hydrogen) atoms. The average Bonchev–Trinajstić information content (AvgIpc) is 2.85. The van der Waals surface area contributed by atoms with Crippen molar-refractivity contribution in [3.05, 3.63) is 0 Å². The van der Waals surface area contributed by atoms with Gasteiger partial charge in [0.2, 0.25) is 0 Å². The molecule has 0 saturated carbocycles. The zero-order valence-corrected chi connectivity index (χ0v) is 65.2. The van der Waals surface area contributed by atoms with Crippen LogP contribution in [-0.4, -0.2) is 96.7 Å². The minimum absolute atomic E-state index is 0.106. The third kappa shape index (κ3) is 72.2. The van der Waals surface area contributed by atoms with E-state index in [1.165, 1.54) is 225 Å². The summed E-state index contributed by atoms with van der Waals surface area (Å²) in [7, 11) is -9.91. The van der Waals surface area contributed by atoms with Crippen molar-refractivity contribution in [2.45, 2.75) is 426 Å². The minimum Gasteiger partial charge on any atom is -0.462 e. The monoisotopic (exact) mass is 1420 g/mol. The lowest BCUT2D eigenvalue weighted by Crippen LogP contribution is -2.30. The number of aliphatic hydroxyl groups is 1. The van der Waals surface area contributed by atoms with Crippen LogP contribution in [0.15, 0.2) is 0 Å². The van der Waals surface area contributed by atoms with Gasteiger partial charge in [-0.3, -0.25) is 37.3 Å². The summed E-state index contributed by atoms with van der Waals surface area (Å²) in [5.74, 6) is -0.552. The SMILES string of the molecule is CCCCCCCCCCCCCCCCCCC(=O)OC[C@H](COP(=O)(O)OC[C@@H](O)COP(=O)(O)OC[C@@H](COC(=O)CCCCCCCCCCC)OC(=O)CCCCCCCCCCCCC(C)C)OC(=O)CCCCCCCCCCCCCCCCCCC(C)C. The molecule has 0 heterocycles. The summed E-state index contributed by atoms with van der Waals surface area (Å²) in [6, 6.07) is 0. The summed E-state index contributed by atoms with van der Waals surface area (Å²) in [4.78, 5) is 72.8. The van der Waals surface area contributed by atoms with E-state index < -0.39 is 97.5 Å². The van der Waals surface area contributed by atoms with Gasteiger partial charge in [0.1, 0.15) is 19.3 Å². The van der Waals surface area contributed by atoms with Crippen molar-refractivity contribution in [2.24, 2.45) is 11.8 Å². The molecule has 0 aliphatic heterocycles. The van der Waals surface area contributed by atoms with Crippen molar-refractivity contribution >= 4 is 39.5 Å². The molecule has 0 rings (SSSR count). The molecule has 0 radical (unpaired) electrons. The fourth-order valence-corrected chi connectivity index (χ4v) is 13.6. The molecular weight excluding hydrogens is 1270 g/mol. The van der Waals surface area contributed by atoms with Crippen LogP contribution in [0.25, 0.3) is 0 Å². The summed E-state index contributed by atoms with van der Waals surface area (Å²) < 4.78 is 68.6. The van der Waals surface area contributed by atoms with Crippen LogP contribution in [0.5, 0.6) is 0 Å². The number of aliphatic hydroxyl groups excluding tert-OH is 1. The second-order valence-electron chi connectivity index (χ2n) is 29.1. The third-order valence-electron chi connectivity index (χ3n) is 18.2. The van der Waals surface area contributed by atoms with E-state index in [0.717, 1.165) is 102 Å². The predicted molar refractivity (Wildman–Crippen MR) is 395 cm³/mol. The fourth-order valence-electron chi connectivity index (χ4n) is 12.0. The molecule has 2 unspecified atom stereocenters. The number of rotatable bonds is 77. The van der Waals surface area contributed by atoms with Crippen LogP contribution < -0.4 is 0 Å². The molecule has 0 amide bonds. The van der Waals surface area contributed by atoms with Gasteiger partial charge in [0, 0.05) is 25.7 Å². The highest BCUT2D eigenvalue weighted by Crippen LogP contribution is 2.45. The number of carbonyl (C=O) groups is 4. The first-order chi connectivity index (χ1) is 46.9. The molecule has 0 aliphatic carbocycles. The van der Waals surface area contributed by atoms with Crippen LogP contribution in [0.3, 0.4) is 0 Å². The molecule has 0 fully saturated rings.